The molecular formula is C18H20ClF3N4O2. The van der Waals surface area contributed by atoms with Crippen LogP contribution in [0.25, 0.3) is 0 Å². The number of hydrogen-bond acceptors (Lipinski definition) is 5. The summed E-state index contributed by atoms with van der Waals surface area (Å²) < 4.78 is 40.3. The van der Waals surface area contributed by atoms with Gasteiger partial charge in [0.2, 0.25) is 5.95 Å². The number of rotatable bonds is 4. The number of halogens is 4. The van der Waals surface area contributed by atoms with E-state index in [1.807, 2.05) is 4.90 Å². The highest BCUT2D eigenvalue weighted by Crippen LogP contribution is 2.32. The smallest absolute Gasteiger partial charge is 0.433 e. The lowest BCUT2D eigenvalue weighted by molar-refractivity contribution is -0.142. The zero-order valence-corrected chi connectivity index (χ0v) is 15.7. The van der Waals surface area contributed by atoms with E-state index in [0.29, 0.717) is 10.7 Å². The van der Waals surface area contributed by atoms with Crippen LogP contribution >= 0.6 is 11.6 Å². The number of piperidine rings is 1. The number of likely N-dealkylation sites (tertiary alicyclic amines) is 1. The third-order valence-electron chi connectivity index (χ3n) is 4.06. The number of aromatic nitrogens is 2. The van der Waals surface area contributed by atoms with E-state index in [9.17, 15) is 13.2 Å². The highest BCUT2D eigenvalue weighted by molar-refractivity contribution is 6.30. The second kappa shape index (κ2) is 10.2. The topological polar surface area (TPSA) is 78.4 Å². The van der Waals surface area contributed by atoms with E-state index in [4.69, 9.17) is 21.5 Å². The first-order valence-corrected chi connectivity index (χ1v) is 8.97. The van der Waals surface area contributed by atoms with Gasteiger partial charge in [0.05, 0.1) is 0 Å². The van der Waals surface area contributed by atoms with Gasteiger partial charge in [-0.15, -0.1) is 0 Å². The Bertz CT molecular complexity index is 784. The maximum Gasteiger partial charge on any atom is 0.433 e. The molecule has 1 fully saturated rings. The number of nitrogens with zero attached hydrogens (tertiary/aromatic N) is 3. The first-order valence-electron chi connectivity index (χ1n) is 8.59. The Labute approximate surface area is 165 Å². The molecular weight excluding hydrogens is 397 g/mol. The number of benzene rings is 1. The maximum absolute atomic E-state index is 13.4. The van der Waals surface area contributed by atoms with Gasteiger partial charge >= 0.3 is 6.18 Å². The first kappa shape index (κ1) is 21.9. The van der Waals surface area contributed by atoms with Crippen LogP contribution in [0.5, 0.6) is 0 Å². The summed E-state index contributed by atoms with van der Waals surface area (Å²) in [6.07, 6.45) is -0.120. The van der Waals surface area contributed by atoms with Crippen LogP contribution in [-0.2, 0) is 17.5 Å². The van der Waals surface area contributed by atoms with Crippen LogP contribution in [0.3, 0.4) is 0 Å². The molecule has 0 spiro atoms. The zero-order valence-electron chi connectivity index (χ0n) is 14.9. The monoisotopic (exact) mass is 416 g/mol. The molecule has 0 saturated carbocycles. The molecule has 6 nitrogen and oxygen atoms in total. The highest BCUT2D eigenvalue weighted by atomic mass is 35.5. The maximum atomic E-state index is 13.4. The van der Waals surface area contributed by atoms with Crippen molar-refractivity contribution in [3.05, 3.63) is 46.7 Å². The van der Waals surface area contributed by atoms with Gasteiger partial charge in [-0.3, -0.25) is 9.69 Å². The van der Waals surface area contributed by atoms with Crippen LogP contribution < -0.4 is 5.32 Å². The molecule has 0 radical (unpaired) electrons. The Kier molecular flexibility index (Phi) is 8.01. The van der Waals surface area contributed by atoms with Crippen LogP contribution in [0.1, 0.15) is 30.5 Å². The third kappa shape index (κ3) is 6.65. The number of carbonyl (C=O) groups is 1. The van der Waals surface area contributed by atoms with Crippen LogP contribution in [0.2, 0.25) is 5.02 Å². The van der Waals surface area contributed by atoms with Gasteiger partial charge in [0, 0.05) is 29.0 Å². The van der Waals surface area contributed by atoms with E-state index >= 15 is 0 Å². The zero-order chi connectivity index (χ0) is 20.6. The number of nitrogens with one attached hydrogen (secondary N) is 1. The van der Waals surface area contributed by atoms with Gasteiger partial charge in [-0.2, -0.15) is 13.2 Å². The molecule has 152 valence electrons. The van der Waals surface area contributed by atoms with Crippen molar-refractivity contribution < 1.29 is 23.1 Å². The minimum absolute atomic E-state index is 0.100. The standard InChI is InChI=1S/C17H18ClF3N4.CH2O2/c18-13-5-4-6-14(9-13)23-16-22-10-12(15(24-16)17(19,20)21)11-25-7-2-1-3-8-25;2-1-3/h4-6,9-10H,1-3,7-8,11H2,(H,22,23,24);1H,(H,2,3). The third-order valence-corrected chi connectivity index (χ3v) is 4.29. The van der Waals surface area contributed by atoms with Crippen molar-refractivity contribution >= 4 is 29.7 Å². The van der Waals surface area contributed by atoms with Gasteiger partial charge in [-0.25, -0.2) is 9.97 Å². The molecule has 0 atom stereocenters. The van der Waals surface area contributed by atoms with Crippen molar-refractivity contribution in [2.24, 2.45) is 0 Å². The Morgan fingerprint density at radius 3 is 2.54 bits per heavy atom. The average Bonchev–Trinajstić information content (AvgIpc) is 2.64. The fraction of sp³-hybridized carbons (Fsp3) is 0.389. The first-order chi connectivity index (χ1) is 13.3. The van der Waals surface area contributed by atoms with Crippen molar-refractivity contribution in [2.75, 3.05) is 18.4 Å². The summed E-state index contributed by atoms with van der Waals surface area (Å²) >= 11 is 5.88. The normalized spacial score (nSPS) is 14.7. The van der Waals surface area contributed by atoms with Crippen molar-refractivity contribution in [3.63, 3.8) is 0 Å². The average molecular weight is 417 g/mol. The lowest BCUT2D eigenvalue weighted by Gasteiger charge is -2.27. The quantitative estimate of drug-likeness (QED) is 0.710. The molecule has 3 rings (SSSR count). The largest absolute Gasteiger partial charge is 0.483 e. The van der Waals surface area contributed by atoms with Gasteiger partial charge in [0.15, 0.2) is 5.69 Å². The summed E-state index contributed by atoms with van der Waals surface area (Å²) in [5, 5.41) is 10.1. The van der Waals surface area contributed by atoms with E-state index < -0.39 is 11.9 Å². The lowest BCUT2D eigenvalue weighted by atomic mass is 10.1. The second-order valence-corrected chi connectivity index (χ2v) is 6.58. The van der Waals surface area contributed by atoms with Crippen molar-refractivity contribution in [1.29, 1.82) is 0 Å². The number of anilines is 2. The fourth-order valence-corrected chi connectivity index (χ4v) is 3.07. The summed E-state index contributed by atoms with van der Waals surface area (Å²) in [7, 11) is 0. The molecule has 0 aliphatic carbocycles. The molecule has 10 heteroatoms. The molecule has 0 unspecified atom stereocenters. The van der Waals surface area contributed by atoms with E-state index in [1.54, 1.807) is 24.3 Å². The van der Waals surface area contributed by atoms with Gasteiger partial charge in [0.25, 0.3) is 6.47 Å². The van der Waals surface area contributed by atoms with Crippen LogP contribution in [0.15, 0.2) is 30.5 Å². The molecule has 1 aliphatic rings. The molecule has 1 aromatic heterocycles. The second-order valence-electron chi connectivity index (χ2n) is 6.14. The molecule has 0 bridgehead atoms. The molecule has 1 saturated heterocycles. The molecule has 28 heavy (non-hydrogen) atoms. The van der Waals surface area contributed by atoms with Crippen molar-refractivity contribution in [3.8, 4) is 0 Å². The van der Waals surface area contributed by atoms with Crippen molar-refractivity contribution in [1.82, 2.24) is 14.9 Å². The van der Waals surface area contributed by atoms with E-state index in [-0.39, 0.29) is 24.5 Å². The number of hydrogen-bond donors (Lipinski definition) is 2. The Morgan fingerprint density at radius 1 is 1.25 bits per heavy atom. The number of alkyl halides is 3. The van der Waals surface area contributed by atoms with Gasteiger partial charge < -0.3 is 10.4 Å². The van der Waals surface area contributed by atoms with E-state index in [0.717, 1.165) is 32.4 Å². The Balaban J connectivity index is 0.000000878. The van der Waals surface area contributed by atoms with Crippen LogP contribution in [0.4, 0.5) is 24.8 Å². The minimum Gasteiger partial charge on any atom is -0.483 e. The van der Waals surface area contributed by atoms with Gasteiger partial charge in [-0.05, 0) is 44.1 Å². The summed E-state index contributed by atoms with van der Waals surface area (Å²) in [5.74, 6) is -0.100. The fourth-order valence-electron chi connectivity index (χ4n) is 2.88. The molecule has 2 heterocycles. The summed E-state index contributed by atoms with van der Waals surface area (Å²) in [6, 6.07) is 6.65. The summed E-state index contributed by atoms with van der Waals surface area (Å²) in [5.41, 5.74) is -0.256. The minimum atomic E-state index is -4.53. The summed E-state index contributed by atoms with van der Waals surface area (Å²) in [6.45, 7) is 1.58. The Morgan fingerprint density at radius 2 is 1.93 bits per heavy atom. The van der Waals surface area contributed by atoms with E-state index in [2.05, 4.69) is 15.3 Å². The van der Waals surface area contributed by atoms with Gasteiger partial charge in [0.1, 0.15) is 0 Å². The SMILES string of the molecule is FC(F)(F)c1nc(Nc2cccc(Cl)c2)ncc1CN1CCCCC1.O=CO. The van der Waals surface area contributed by atoms with Crippen molar-refractivity contribution in [2.45, 2.75) is 32.0 Å². The molecule has 2 aromatic rings. The van der Waals surface area contributed by atoms with Crippen LogP contribution in [-0.4, -0.2) is 39.5 Å². The van der Waals surface area contributed by atoms with Crippen LogP contribution in [0, 0.1) is 0 Å². The molecule has 0 amide bonds. The molecule has 2 N–H and O–H groups in total. The Hall–Kier alpha value is -2.39. The predicted octanol–water partition coefficient (Wildman–Crippen LogP) is 4.58. The molecule has 1 aromatic carbocycles. The van der Waals surface area contributed by atoms with Gasteiger partial charge in [-0.1, -0.05) is 24.1 Å². The number of carboxylic acid groups (broad SMARTS) is 1. The lowest BCUT2D eigenvalue weighted by Crippen LogP contribution is -2.30. The predicted molar refractivity (Wildman–Crippen MR) is 99.6 cm³/mol. The van der Waals surface area contributed by atoms with E-state index in [1.165, 1.54) is 6.20 Å². The highest BCUT2D eigenvalue weighted by Gasteiger charge is 2.36. The summed E-state index contributed by atoms with van der Waals surface area (Å²) in [4.78, 5) is 18.1. The molecule has 1 aliphatic heterocycles.